The summed E-state index contributed by atoms with van der Waals surface area (Å²) in [6.07, 6.45) is -1.03. The van der Waals surface area contributed by atoms with Crippen molar-refractivity contribution in [1.29, 1.82) is 0 Å². The Balaban J connectivity index is 2.93. The third kappa shape index (κ3) is 2.87. The summed E-state index contributed by atoms with van der Waals surface area (Å²) in [5, 5.41) is 0.323. The van der Waals surface area contributed by atoms with Gasteiger partial charge in [-0.05, 0) is 19.1 Å². The molecule has 0 unspecified atom stereocenters. The van der Waals surface area contributed by atoms with Gasteiger partial charge in [-0.25, -0.2) is 4.79 Å². The van der Waals surface area contributed by atoms with E-state index in [1.54, 1.807) is 6.07 Å². The van der Waals surface area contributed by atoms with Gasteiger partial charge < -0.3 is 10.5 Å². The highest BCUT2D eigenvalue weighted by molar-refractivity contribution is 6.39. The van der Waals surface area contributed by atoms with Gasteiger partial charge in [0.1, 0.15) is 0 Å². The molecule has 0 radical (unpaired) electrons. The molecule has 6 heteroatoms. The third-order valence-electron chi connectivity index (χ3n) is 1.85. The topological polar surface area (TPSA) is 69.4 Å². The van der Waals surface area contributed by atoms with E-state index in [9.17, 15) is 9.59 Å². The maximum atomic E-state index is 11.6. The average Bonchev–Trinajstić information content (AvgIpc) is 2.16. The van der Waals surface area contributed by atoms with E-state index in [4.69, 9.17) is 33.7 Å². The van der Waals surface area contributed by atoms with Crippen molar-refractivity contribution >= 4 is 35.1 Å². The lowest BCUT2D eigenvalue weighted by atomic mass is 10.2. The number of primary amides is 1. The fraction of sp³-hybridized carbons (Fsp3) is 0.200. The van der Waals surface area contributed by atoms with Crippen molar-refractivity contribution in [3.63, 3.8) is 0 Å². The van der Waals surface area contributed by atoms with E-state index in [0.717, 1.165) is 0 Å². The van der Waals surface area contributed by atoms with E-state index in [1.165, 1.54) is 19.1 Å². The number of hydrogen-bond acceptors (Lipinski definition) is 3. The average molecular weight is 262 g/mol. The van der Waals surface area contributed by atoms with Crippen LogP contribution in [0.5, 0.6) is 0 Å². The maximum Gasteiger partial charge on any atom is 0.341 e. The summed E-state index contributed by atoms with van der Waals surface area (Å²) in [6.45, 7) is 1.37. The molecular weight excluding hydrogens is 253 g/mol. The van der Waals surface area contributed by atoms with Crippen molar-refractivity contribution in [2.75, 3.05) is 0 Å². The van der Waals surface area contributed by atoms with E-state index in [0.29, 0.717) is 0 Å². The number of benzene rings is 1. The lowest BCUT2D eigenvalue weighted by Gasteiger charge is -2.11. The second-order valence-electron chi connectivity index (χ2n) is 3.05. The van der Waals surface area contributed by atoms with Crippen LogP contribution in [0.2, 0.25) is 10.0 Å². The molecule has 0 saturated heterocycles. The van der Waals surface area contributed by atoms with Crippen LogP contribution in [-0.4, -0.2) is 18.0 Å². The van der Waals surface area contributed by atoms with E-state index >= 15 is 0 Å². The lowest BCUT2D eigenvalue weighted by molar-refractivity contribution is -0.125. The van der Waals surface area contributed by atoms with Gasteiger partial charge in [0, 0.05) is 0 Å². The number of carbonyl (C=O) groups excluding carboxylic acids is 2. The molecule has 0 aliphatic carbocycles. The van der Waals surface area contributed by atoms with E-state index in [2.05, 4.69) is 0 Å². The zero-order valence-corrected chi connectivity index (χ0v) is 9.88. The van der Waals surface area contributed by atoms with Gasteiger partial charge in [-0.15, -0.1) is 0 Å². The second kappa shape index (κ2) is 5.18. The molecule has 86 valence electrons. The van der Waals surface area contributed by atoms with Crippen molar-refractivity contribution in [2.24, 2.45) is 5.73 Å². The van der Waals surface area contributed by atoms with E-state index in [-0.39, 0.29) is 15.6 Å². The van der Waals surface area contributed by atoms with Crippen LogP contribution < -0.4 is 5.73 Å². The van der Waals surface area contributed by atoms with Gasteiger partial charge >= 0.3 is 5.97 Å². The van der Waals surface area contributed by atoms with Crippen molar-refractivity contribution in [2.45, 2.75) is 13.0 Å². The van der Waals surface area contributed by atoms with Gasteiger partial charge in [0.15, 0.2) is 6.10 Å². The third-order valence-corrected chi connectivity index (χ3v) is 2.48. The summed E-state index contributed by atoms with van der Waals surface area (Å²) in [6, 6.07) is 4.59. The van der Waals surface area contributed by atoms with Crippen molar-refractivity contribution in [3.8, 4) is 0 Å². The first-order valence-electron chi connectivity index (χ1n) is 4.37. The zero-order valence-electron chi connectivity index (χ0n) is 8.37. The lowest BCUT2D eigenvalue weighted by Crippen LogP contribution is -2.30. The van der Waals surface area contributed by atoms with Crippen LogP contribution in [0.15, 0.2) is 18.2 Å². The number of halogens is 2. The van der Waals surface area contributed by atoms with Crippen molar-refractivity contribution in [1.82, 2.24) is 0 Å². The largest absolute Gasteiger partial charge is 0.449 e. The van der Waals surface area contributed by atoms with Crippen LogP contribution in [0.3, 0.4) is 0 Å². The Morgan fingerprint density at radius 2 is 1.81 bits per heavy atom. The molecule has 0 spiro atoms. The quantitative estimate of drug-likeness (QED) is 0.847. The minimum Gasteiger partial charge on any atom is -0.449 e. The normalized spacial score (nSPS) is 11.9. The summed E-state index contributed by atoms with van der Waals surface area (Å²) in [7, 11) is 0. The summed E-state index contributed by atoms with van der Waals surface area (Å²) < 4.78 is 4.78. The minimum atomic E-state index is -1.03. The zero-order chi connectivity index (χ0) is 12.3. The SMILES string of the molecule is C[C@@H](OC(=O)c1c(Cl)cccc1Cl)C(N)=O. The molecule has 0 aliphatic rings. The molecule has 0 aliphatic heterocycles. The number of amides is 1. The summed E-state index contributed by atoms with van der Waals surface area (Å²) in [5.41, 5.74) is 4.98. The molecule has 1 aromatic rings. The highest BCUT2D eigenvalue weighted by Crippen LogP contribution is 2.25. The molecule has 0 saturated carbocycles. The predicted octanol–water partition coefficient (Wildman–Crippen LogP) is 2.02. The number of hydrogen-bond donors (Lipinski definition) is 1. The highest BCUT2D eigenvalue weighted by atomic mass is 35.5. The number of nitrogens with two attached hydrogens (primary N) is 1. The number of ether oxygens (including phenoxy) is 1. The van der Waals surface area contributed by atoms with Crippen molar-refractivity contribution < 1.29 is 14.3 Å². The van der Waals surface area contributed by atoms with Crippen LogP contribution in [0.25, 0.3) is 0 Å². The van der Waals surface area contributed by atoms with Gasteiger partial charge in [-0.3, -0.25) is 4.79 Å². The van der Waals surface area contributed by atoms with Crippen LogP contribution >= 0.6 is 23.2 Å². The number of carbonyl (C=O) groups is 2. The van der Waals surface area contributed by atoms with E-state index in [1.807, 2.05) is 0 Å². The summed E-state index contributed by atoms with van der Waals surface area (Å²) in [5.74, 6) is -1.52. The molecule has 0 bridgehead atoms. The first-order valence-corrected chi connectivity index (χ1v) is 5.13. The molecule has 1 atom stereocenters. The Kier molecular flexibility index (Phi) is 4.15. The molecule has 1 amide bonds. The van der Waals surface area contributed by atoms with Gasteiger partial charge in [0.25, 0.3) is 5.91 Å². The summed E-state index contributed by atoms with van der Waals surface area (Å²) >= 11 is 11.6. The molecule has 0 aromatic heterocycles. The van der Waals surface area contributed by atoms with Gasteiger partial charge in [0.05, 0.1) is 15.6 Å². The van der Waals surface area contributed by atoms with Crippen LogP contribution in [0.4, 0.5) is 0 Å². The smallest absolute Gasteiger partial charge is 0.341 e. The molecule has 4 nitrogen and oxygen atoms in total. The predicted molar refractivity (Wildman–Crippen MR) is 60.5 cm³/mol. The molecular formula is C10H9Cl2NO3. The van der Waals surface area contributed by atoms with Crippen LogP contribution in [-0.2, 0) is 9.53 Å². The van der Waals surface area contributed by atoms with Gasteiger partial charge in [0.2, 0.25) is 0 Å². The van der Waals surface area contributed by atoms with Crippen LogP contribution in [0, 0.1) is 0 Å². The van der Waals surface area contributed by atoms with Crippen LogP contribution in [0.1, 0.15) is 17.3 Å². The fourth-order valence-electron chi connectivity index (χ4n) is 0.970. The Labute approximate surface area is 102 Å². The van der Waals surface area contributed by atoms with Gasteiger partial charge in [-0.1, -0.05) is 29.3 Å². The summed E-state index contributed by atoms with van der Waals surface area (Å²) in [4.78, 5) is 22.3. The Bertz CT molecular complexity index is 414. The first kappa shape index (κ1) is 12.8. The maximum absolute atomic E-state index is 11.6. The molecule has 1 aromatic carbocycles. The highest BCUT2D eigenvalue weighted by Gasteiger charge is 2.20. The first-order chi connectivity index (χ1) is 7.43. The van der Waals surface area contributed by atoms with E-state index < -0.39 is 18.0 Å². The standard InChI is InChI=1S/C10H9Cl2NO3/c1-5(9(13)14)16-10(15)8-6(11)3-2-4-7(8)12/h2-5H,1H3,(H2,13,14)/t5-/m1/s1. The van der Waals surface area contributed by atoms with Crippen molar-refractivity contribution in [3.05, 3.63) is 33.8 Å². The fourth-order valence-corrected chi connectivity index (χ4v) is 1.52. The molecule has 0 heterocycles. The monoisotopic (exact) mass is 261 g/mol. The Morgan fingerprint density at radius 3 is 2.25 bits per heavy atom. The second-order valence-corrected chi connectivity index (χ2v) is 3.86. The molecule has 2 N–H and O–H groups in total. The Morgan fingerprint density at radius 1 is 1.31 bits per heavy atom. The molecule has 0 fully saturated rings. The molecule has 16 heavy (non-hydrogen) atoms. The minimum absolute atomic E-state index is 0.0268. The van der Waals surface area contributed by atoms with Gasteiger partial charge in [-0.2, -0.15) is 0 Å². The number of esters is 1. The molecule has 1 rings (SSSR count). The number of rotatable bonds is 3. The Hall–Kier alpha value is -1.26.